The molecule has 48 heavy (non-hydrogen) atoms. The summed E-state index contributed by atoms with van der Waals surface area (Å²) in [6.45, 7) is 0. The quantitative estimate of drug-likeness (QED) is 0.194. The van der Waals surface area contributed by atoms with Crippen molar-refractivity contribution in [2.75, 3.05) is 0 Å². The predicted molar refractivity (Wildman–Crippen MR) is 203 cm³/mol. The number of aromatic nitrogens is 1. The van der Waals surface area contributed by atoms with E-state index in [0.29, 0.717) is 0 Å². The molecule has 0 saturated heterocycles. The summed E-state index contributed by atoms with van der Waals surface area (Å²) in [6.07, 6.45) is 0. The third kappa shape index (κ3) is 3.95. The average molecular weight is 608 g/mol. The molecule has 1 nitrogen and oxygen atoms in total. The first-order chi connectivity index (χ1) is 23.8. The molecular formula is C47H29N. The number of para-hydroxylation sites is 1. The summed E-state index contributed by atoms with van der Waals surface area (Å²) >= 11 is 0. The number of rotatable bonds is 4. The molecular weight excluding hydrogens is 579 g/mol. The van der Waals surface area contributed by atoms with Gasteiger partial charge in [-0.15, -0.1) is 0 Å². The molecule has 0 bridgehead atoms. The van der Waals surface area contributed by atoms with Crippen molar-refractivity contribution < 1.29 is 0 Å². The van der Waals surface area contributed by atoms with Gasteiger partial charge in [-0.05, 0) is 89.3 Å². The van der Waals surface area contributed by atoms with Crippen LogP contribution in [0, 0.1) is 0 Å². The highest BCUT2D eigenvalue weighted by molar-refractivity contribution is 6.29. The van der Waals surface area contributed by atoms with E-state index in [4.69, 9.17) is 4.98 Å². The second-order valence-electron chi connectivity index (χ2n) is 12.6. The molecule has 1 aliphatic carbocycles. The van der Waals surface area contributed by atoms with Crippen molar-refractivity contribution in [3.63, 3.8) is 0 Å². The topological polar surface area (TPSA) is 12.9 Å². The van der Waals surface area contributed by atoms with E-state index in [1.54, 1.807) is 0 Å². The van der Waals surface area contributed by atoms with Crippen LogP contribution in [0.1, 0.15) is 0 Å². The number of benzene rings is 8. The zero-order valence-electron chi connectivity index (χ0n) is 26.2. The second-order valence-corrected chi connectivity index (χ2v) is 12.6. The molecule has 1 aliphatic rings. The Hall–Kier alpha value is -6.31. The van der Waals surface area contributed by atoms with Crippen LogP contribution in [0.15, 0.2) is 176 Å². The van der Waals surface area contributed by atoms with Crippen LogP contribution in [0.25, 0.3) is 99.3 Å². The summed E-state index contributed by atoms with van der Waals surface area (Å²) in [5.41, 5.74) is 15.8. The lowest BCUT2D eigenvalue weighted by Gasteiger charge is -2.20. The van der Waals surface area contributed by atoms with Crippen molar-refractivity contribution in [3.8, 4) is 66.9 Å². The van der Waals surface area contributed by atoms with Crippen molar-refractivity contribution in [2.24, 2.45) is 0 Å². The summed E-state index contributed by atoms with van der Waals surface area (Å²) < 4.78 is 0. The van der Waals surface area contributed by atoms with Crippen molar-refractivity contribution >= 4 is 32.4 Å². The van der Waals surface area contributed by atoms with Crippen molar-refractivity contribution in [3.05, 3.63) is 176 Å². The first-order valence-electron chi connectivity index (χ1n) is 16.6. The molecule has 0 saturated carbocycles. The van der Waals surface area contributed by atoms with Crippen molar-refractivity contribution in [1.82, 2.24) is 4.98 Å². The van der Waals surface area contributed by atoms with Gasteiger partial charge < -0.3 is 0 Å². The van der Waals surface area contributed by atoms with Crippen LogP contribution in [0.5, 0.6) is 0 Å². The van der Waals surface area contributed by atoms with E-state index < -0.39 is 0 Å². The molecule has 0 spiro atoms. The fourth-order valence-electron chi connectivity index (χ4n) is 8.00. The lowest BCUT2D eigenvalue weighted by Crippen LogP contribution is -1.93. The monoisotopic (exact) mass is 607 g/mol. The smallest absolute Gasteiger partial charge is 0.0715 e. The zero-order chi connectivity index (χ0) is 31.6. The molecule has 0 amide bonds. The van der Waals surface area contributed by atoms with Gasteiger partial charge in [-0.1, -0.05) is 164 Å². The van der Waals surface area contributed by atoms with Crippen LogP contribution in [-0.2, 0) is 0 Å². The first kappa shape index (κ1) is 26.9. The van der Waals surface area contributed by atoms with Crippen molar-refractivity contribution in [2.45, 2.75) is 0 Å². The van der Waals surface area contributed by atoms with E-state index in [9.17, 15) is 0 Å². The number of hydrogen-bond acceptors (Lipinski definition) is 1. The standard InChI is InChI=1S/C47H29N/c1-4-15-30(16-5-1)42-29-40(34-21-12-13-26-41(34)48-42)33-27-28-39-45-35(33)24-14-25-38(45)46-43(31-17-6-2-7-18-31)36-22-10-11-23-37(36)44(47(39)46)32-19-8-3-9-20-32/h1-29H. The summed E-state index contributed by atoms with van der Waals surface area (Å²) in [5.74, 6) is 0. The highest BCUT2D eigenvalue weighted by Gasteiger charge is 2.31. The highest BCUT2D eigenvalue weighted by Crippen LogP contribution is 2.58. The minimum Gasteiger partial charge on any atom is -0.248 e. The number of pyridine rings is 1. The third-order valence-corrected chi connectivity index (χ3v) is 10.00. The maximum atomic E-state index is 5.11. The van der Waals surface area contributed by atoms with Crippen LogP contribution in [0.2, 0.25) is 0 Å². The largest absolute Gasteiger partial charge is 0.248 e. The van der Waals surface area contributed by atoms with Gasteiger partial charge in [0, 0.05) is 10.9 Å². The average Bonchev–Trinajstić information content (AvgIpc) is 3.49. The Balaban J connectivity index is 1.34. The van der Waals surface area contributed by atoms with E-state index in [0.717, 1.165) is 22.2 Å². The molecule has 9 aromatic rings. The fourth-order valence-corrected chi connectivity index (χ4v) is 8.00. The van der Waals surface area contributed by atoms with Gasteiger partial charge in [0.2, 0.25) is 0 Å². The molecule has 8 aromatic carbocycles. The minimum absolute atomic E-state index is 0.986. The van der Waals surface area contributed by atoms with Gasteiger partial charge in [-0.25, -0.2) is 4.98 Å². The Bertz CT molecular complexity index is 2600. The predicted octanol–water partition coefficient (Wildman–Crippen LogP) is 12.9. The van der Waals surface area contributed by atoms with Crippen LogP contribution >= 0.6 is 0 Å². The van der Waals surface area contributed by atoms with Gasteiger partial charge in [0.1, 0.15) is 0 Å². The SMILES string of the molecule is c1ccc(-c2cc(-c3ccc4c5c(cccc35)-c3c-4c(-c4ccccc4)c4ccccc4c3-c3ccccc3)c3ccccc3n2)cc1. The van der Waals surface area contributed by atoms with Gasteiger partial charge in [0.05, 0.1) is 11.2 Å². The Morgan fingerprint density at radius 3 is 1.40 bits per heavy atom. The molecule has 1 heterocycles. The Labute approximate surface area is 279 Å². The second kappa shape index (κ2) is 10.6. The number of hydrogen-bond donors (Lipinski definition) is 0. The summed E-state index contributed by atoms with van der Waals surface area (Å²) in [5, 5.41) is 6.29. The lowest BCUT2D eigenvalue weighted by atomic mass is 9.82. The van der Waals surface area contributed by atoms with Crippen LogP contribution in [-0.4, -0.2) is 4.98 Å². The highest BCUT2D eigenvalue weighted by atomic mass is 14.7. The van der Waals surface area contributed by atoms with E-state index in [-0.39, 0.29) is 0 Å². The van der Waals surface area contributed by atoms with Gasteiger partial charge in [-0.3, -0.25) is 0 Å². The molecule has 0 N–H and O–H groups in total. The van der Waals surface area contributed by atoms with Gasteiger partial charge in [0.15, 0.2) is 0 Å². The molecule has 0 fully saturated rings. The zero-order valence-corrected chi connectivity index (χ0v) is 26.2. The molecule has 0 aliphatic heterocycles. The molecule has 0 unspecified atom stereocenters. The van der Waals surface area contributed by atoms with Gasteiger partial charge >= 0.3 is 0 Å². The molecule has 0 atom stereocenters. The molecule has 222 valence electrons. The first-order valence-corrected chi connectivity index (χ1v) is 16.6. The maximum absolute atomic E-state index is 5.11. The summed E-state index contributed by atoms with van der Waals surface area (Å²) in [7, 11) is 0. The Kier molecular flexibility index (Phi) is 5.94. The molecule has 1 aromatic heterocycles. The normalized spacial score (nSPS) is 11.8. The van der Waals surface area contributed by atoms with E-state index >= 15 is 0 Å². The van der Waals surface area contributed by atoms with Gasteiger partial charge in [0.25, 0.3) is 0 Å². The summed E-state index contributed by atoms with van der Waals surface area (Å²) in [6, 6.07) is 63.7. The van der Waals surface area contributed by atoms with Gasteiger partial charge in [-0.2, -0.15) is 0 Å². The maximum Gasteiger partial charge on any atom is 0.0715 e. The van der Waals surface area contributed by atoms with E-state index in [1.165, 1.54) is 77.2 Å². The molecule has 1 heteroatoms. The Morgan fingerprint density at radius 1 is 0.292 bits per heavy atom. The summed E-state index contributed by atoms with van der Waals surface area (Å²) in [4.78, 5) is 5.11. The molecule has 10 rings (SSSR count). The minimum atomic E-state index is 0.986. The lowest BCUT2D eigenvalue weighted by molar-refractivity contribution is 1.40. The number of nitrogens with zero attached hydrogens (tertiary/aromatic N) is 1. The van der Waals surface area contributed by atoms with Crippen LogP contribution in [0.3, 0.4) is 0 Å². The third-order valence-electron chi connectivity index (χ3n) is 10.00. The van der Waals surface area contributed by atoms with E-state index in [2.05, 4.69) is 176 Å². The van der Waals surface area contributed by atoms with Crippen LogP contribution in [0.4, 0.5) is 0 Å². The Morgan fingerprint density at radius 2 is 0.771 bits per heavy atom. The van der Waals surface area contributed by atoms with E-state index in [1.807, 2.05) is 0 Å². The van der Waals surface area contributed by atoms with Crippen LogP contribution < -0.4 is 0 Å². The fraction of sp³-hybridized carbons (Fsp3) is 0. The number of fused-ring (bicyclic) bond motifs is 5. The molecule has 0 radical (unpaired) electrons. The van der Waals surface area contributed by atoms with Crippen molar-refractivity contribution in [1.29, 1.82) is 0 Å².